The molecule has 0 aromatic heterocycles. The Kier molecular flexibility index (Phi) is 19.9. The average Bonchev–Trinajstić information content (AvgIpc) is 2.96. The Bertz CT molecular complexity index is 735. The van der Waals surface area contributed by atoms with Gasteiger partial charge >= 0.3 is 246 Å². The van der Waals surface area contributed by atoms with Crippen LogP contribution in [-0.2, 0) is 4.74 Å². The summed E-state index contributed by atoms with van der Waals surface area (Å²) in [7, 11) is 4.74. The number of ether oxygens (including phenoxy) is 4. The number of unbranched alkanes of at least 4 members (excludes halogenated alkanes) is 10. The summed E-state index contributed by atoms with van der Waals surface area (Å²) < 4.78 is 27.3. The van der Waals surface area contributed by atoms with E-state index in [4.69, 9.17) is 18.9 Å². The second-order valence-corrected chi connectivity index (χ2v) is 25.1. The topological polar surface area (TPSA) is 54.0 Å². The molecule has 0 amide bonds. The number of esters is 1. The zero-order valence-electron chi connectivity index (χ0n) is 26.5. The fraction of sp³-hybridized carbons (Fsp3) is 0.788. The van der Waals surface area contributed by atoms with Gasteiger partial charge in [0.15, 0.2) is 0 Å². The molecule has 5 nitrogen and oxygen atoms in total. The van der Waals surface area contributed by atoms with Crippen molar-refractivity contribution in [3.63, 3.8) is 0 Å². The van der Waals surface area contributed by atoms with Crippen molar-refractivity contribution >= 4 is 24.3 Å². The first-order valence-electron chi connectivity index (χ1n) is 16.0. The minimum absolute atomic E-state index is 0.121. The van der Waals surface area contributed by atoms with Crippen molar-refractivity contribution in [1.82, 2.24) is 0 Å². The van der Waals surface area contributed by atoms with Crippen molar-refractivity contribution in [2.24, 2.45) is 0 Å². The van der Waals surface area contributed by atoms with Crippen LogP contribution in [0, 0.1) is 0 Å². The van der Waals surface area contributed by atoms with Gasteiger partial charge in [0.2, 0.25) is 0 Å². The van der Waals surface area contributed by atoms with Crippen molar-refractivity contribution in [3.8, 4) is 17.2 Å². The number of carbonyl (C=O) groups is 1. The first-order chi connectivity index (χ1) is 19.0. The summed E-state index contributed by atoms with van der Waals surface area (Å²) in [6.45, 7) is 9.16. The van der Waals surface area contributed by atoms with Gasteiger partial charge in [0.1, 0.15) is 0 Å². The Morgan fingerprint density at radius 2 is 1.08 bits per heavy atom. The molecule has 0 saturated carbocycles. The first-order valence-corrected chi connectivity index (χ1v) is 23.7. The quantitative estimate of drug-likeness (QED) is 0.0631. The summed E-state index contributed by atoms with van der Waals surface area (Å²) in [6.07, 6.45) is 18.8. The summed E-state index contributed by atoms with van der Waals surface area (Å²) in [5, 5.41) is 0. The average molecular weight is 656 g/mol. The Morgan fingerprint density at radius 1 is 0.641 bits per heavy atom. The number of hydrogen-bond donors (Lipinski definition) is 0. The van der Waals surface area contributed by atoms with E-state index in [1.807, 2.05) is 0 Å². The van der Waals surface area contributed by atoms with Crippen LogP contribution in [-0.4, -0.2) is 49.8 Å². The van der Waals surface area contributed by atoms with Gasteiger partial charge in [-0.1, -0.05) is 0 Å². The minimum atomic E-state index is -2.83. The normalized spacial score (nSPS) is 12.3. The predicted octanol–water partition coefficient (Wildman–Crippen LogP) is 10.2. The molecule has 1 aromatic carbocycles. The van der Waals surface area contributed by atoms with Crippen LogP contribution in [0.15, 0.2) is 12.1 Å². The Morgan fingerprint density at radius 3 is 1.49 bits per heavy atom. The molecular weight excluding hydrogens is 595 g/mol. The number of methoxy groups -OCH3 is 3. The van der Waals surface area contributed by atoms with Gasteiger partial charge in [0.25, 0.3) is 0 Å². The molecule has 0 bridgehead atoms. The monoisotopic (exact) mass is 656 g/mol. The zero-order chi connectivity index (χ0) is 28.9. The molecule has 0 unspecified atom stereocenters. The van der Waals surface area contributed by atoms with Gasteiger partial charge in [0.05, 0.1) is 0 Å². The molecule has 39 heavy (non-hydrogen) atoms. The van der Waals surface area contributed by atoms with E-state index < -0.39 is 18.4 Å². The van der Waals surface area contributed by atoms with Crippen LogP contribution in [0.3, 0.4) is 0 Å². The SMILES string of the molecule is CCCCCCCCCC[C@H](OC(=O)c1cc(OC)c(OC)c(OC)c1)[Sn]([CH2]CCC)([CH2]CCC)[CH2]CCC. The van der Waals surface area contributed by atoms with Gasteiger partial charge in [-0.2, -0.15) is 0 Å². The molecule has 226 valence electrons. The van der Waals surface area contributed by atoms with Gasteiger partial charge in [0, 0.05) is 0 Å². The van der Waals surface area contributed by atoms with E-state index in [9.17, 15) is 4.79 Å². The molecule has 0 aliphatic heterocycles. The Balaban J connectivity index is 3.24. The molecule has 0 heterocycles. The fourth-order valence-corrected chi connectivity index (χ4v) is 23.1. The summed E-state index contributed by atoms with van der Waals surface area (Å²) in [5.41, 5.74) is 0.479. The molecule has 0 aliphatic rings. The van der Waals surface area contributed by atoms with Crippen LogP contribution in [0.2, 0.25) is 13.3 Å². The van der Waals surface area contributed by atoms with E-state index in [-0.39, 0.29) is 10.1 Å². The van der Waals surface area contributed by atoms with E-state index in [0.717, 1.165) is 12.8 Å². The van der Waals surface area contributed by atoms with Crippen LogP contribution in [0.5, 0.6) is 17.2 Å². The van der Waals surface area contributed by atoms with E-state index in [1.54, 1.807) is 33.5 Å². The van der Waals surface area contributed by atoms with Gasteiger partial charge in [-0.3, -0.25) is 0 Å². The van der Waals surface area contributed by atoms with Gasteiger partial charge < -0.3 is 0 Å². The number of benzene rings is 1. The van der Waals surface area contributed by atoms with Crippen molar-refractivity contribution in [2.75, 3.05) is 21.3 Å². The molecule has 6 heteroatoms. The van der Waals surface area contributed by atoms with Crippen molar-refractivity contribution < 1.29 is 23.7 Å². The first kappa shape index (κ1) is 35.9. The number of carbonyl (C=O) groups excluding carboxylic acids is 1. The van der Waals surface area contributed by atoms with Gasteiger partial charge in [-0.05, 0) is 0 Å². The second-order valence-electron chi connectivity index (χ2n) is 11.2. The predicted molar refractivity (Wildman–Crippen MR) is 167 cm³/mol. The molecule has 0 N–H and O–H groups in total. The number of hydrogen-bond acceptors (Lipinski definition) is 5. The zero-order valence-corrected chi connectivity index (χ0v) is 29.4. The molecule has 1 atom stereocenters. The Hall–Kier alpha value is -1.11. The third kappa shape index (κ3) is 12.5. The van der Waals surface area contributed by atoms with Crippen LogP contribution in [0.25, 0.3) is 0 Å². The standard InChI is InChI=1S/C21H33O5.3C4H9.Sn/c1-5-6-7-8-9-10-11-12-13-14-26-21(22)17-15-18(23-2)20(25-4)19(16-17)24-3;3*1-3-4-2;/h14-16H,5-13H2,1-4H3;3*1,3-4H2,2H3;. The van der Waals surface area contributed by atoms with Crippen molar-refractivity contribution in [2.45, 2.75) is 141 Å². The van der Waals surface area contributed by atoms with Crippen LogP contribution in [0.4, 0.5) is 0 Å². The fourth-order valence-electron chi connectivity index (χ4n) is 5.79. The van der Waals surface area contributed by atoms with Crippen LogP contribution >= 0.6 is 0 Å². The summed E-state index contributed by atoms with van der Waals surface area (Å²) in [5.74, 6) is 1.22. The maximum atomic E-state index is 13.8. The molecule has 0 fully saturated rings. The Labute approximate surface area is 245 Å². The third-order valence-corrected chi connectivity index (χ3v) is 24.8. The van der Waals surface area contributed by atoms with E-state index in [1.165, 1.54) is 96.8 Å². The molecular formula is C33H60O5Sn. The van der Waals surface area contributed by atoms with Crippen LogP contribution < -0.4 is 14.2 Å². The molecule has 0 saturated heterocycles. The van der Waals surface area contributed by atoms with E-state index >= 15 is 0 Å². The van der Waals surface area contributed by atoms with Crippen LogP contribution in [0.1, 0.15) is 134 Å². The molecule has 1 rings (SSSR count). The molecule has 0 aliphatic carbocycles. The second kappa shape index (κ2) is 21.6. The van der Waals surface area contributed by atoms with Crippen molar-refractivity contribution in [3.05, 3.63) is 17.7 Å². The third-order valence-electron chi connectivity index (χ3n) is 8.24. The summed E-state index contributed by atoms with van der Waals surface area (Å²) in [4.78, 5) is 13.8. The molecule has 0 spiro atoms. The summed E-state index contributed by atoms with van der Waals surface area (Å²) >= 11 is -2.83. The van der Waals surface area contributed by atoms with Gasteiger partial charge in [-0.15, -0.1) is 0 Å². The van der Waals surface area contributed by atoms with E-state index in [2.05, 4.69) is 27.7 Å². The van der Waals surface area contributed by atoms with Crippen molar-refractivity contribution in [1.29, 1.82) is 0 Å². The number of rotatable bonds is 24. The van der Waals surface area contributed by atoms with Gasteiger partial charge in [-0.25, -0.2) is 0 Å². The molecule has 0 radical (unpaired) electrons. The maximum absolute atomic E-state index is 13.8. The summed E-state index contributed by atoms with van der Waals surface area (Å²) in [6, 6.07) is 3.47. The van der Waals surface area contributed by atoms with E-state index in [0.29, 0.717) is 22.8 Å². The molecule has 1 aromatic rings.